The van der Waals surface area contributed by atoms with Crippen molar-refractivity contribution in [3.05, 3.63) is 71.3 Å². The average molecular weight is 401 g/mol. The van der Waals surface area contributed by atoms with E-state index in [1.54, 1.807) is 60.3 Å². The molecule has 0 saturated heterocycles. The maximum atomic E-state index is 12.5. The first-order chi connectivity index (χ1) is 13.5. The summed E-state index contributed by atoms with van der Waals surface area (Å²) in [5, 5.41) is 2.75. The summed E-state index contributed by atoms with van der Waals surface area (Å²) in [5.74, 6) is -0.520. The highest BCUT2D eigenvalue weighted by Crippen LogP contribution is 2.10. The number of rotatable bonds is 9. The van der Waals surface area contributed by atoms with Crippen LogP contribution in [-0.4, -0.2) is 43.0 Å². The third kappa shape index (κ3) is 6.42. The number of hydrogen-bond acceptors (Lipinski definition) is 6. The van der Waals surface area contributed by atoms with Crippen molar-refractivity contribution in [1.82, 2.24) is 5.32 Å². The predicted octanol–water partition coefficient (Wildman–Crippen LogP) is 3.07. The van der Waals surface area contributed by atoms with Crippen molar-refractivity contribution in [3.8, 4) is 0 Å². The normalized spacial score (nSPS) is 11.4. The summed E-state index contributed by atoms with van der Waals surface area (Å²) in [4.78, 5) is 36.3. The van der Waals surface area contributed by atoms with E-state index in [4.69, 9.17) is 4.74 Å². The Balaban J connectivity index is 1.96. The van der Waals surface area contributed by atoms with Crippen LogP contribution in [0.25, 0.3) is 0 Å². The van der Waals surface area contributed by atoms with E-state index in [9.17, 15) is 14.4 Å². The SMILES string of the molecule is COC(=O)c1ccc(COC(=O)C(CCSC)NC(=O)c2ccccc2)cc1. The summed E-state index contributed by atoms with van der Waals surface area (Å²) in [5.41, 5.74) is 1.65. The molecule has 1 atom stereocenters. The molecule has 7 heteroatoms. The summed E-state index contributed by atoms with van der Waals surface area (Å²) in [6, 6.07) is 14.6. The van der Waals surface area contributed by atoms with E-state index in [1.807, 2.05) is 12.3 Å². The maximum absolute atomic E-state index is 12.5. The van der Waals surface area contributed by atoms with Crippen LogP contribution < -0.4 is 5.32 Å². The van der Waals surface area contributed by atoms with Gasteiger partial charge in [0.1, 0.15) is 12.6 Å². The fourth-order valence-electron chi connectivity index (χ4n) is 2.43. The third-order valence-electron chi connectivity index (χ3n) is 3.99. The third-order valence-corrected chi connectivity index (χ3v) is 4.64. The van der Waals surface area contributed by atoms with Gasteiger partial charge in [-0.05, 0) is 48.3 Å². The van der Waals surface area contributed by atoms with Crippen LogP contribution >= 0.6 is 11.8 Å². The molecule has 1 unspecified atom stereocenters. The molecule has 0 aromatic heterocycles. The molecule has 0 fully saturated rings. The second-order valence-electron chi connectivity index (χ2n) is 5.97. The fraction of sp³-hybridized carbons (Fsp3) is 0.286. The van der Waals surface area contributed by atoms with Gasteiger partial charge in [-0.3, -0.25) is 4.79 Å². The van der Waals surface area contributed by atoms with E-state index in [0.717, 1.165) is 5.56 Å². The molecule has 1 amide bonds. The first-order valence-electron chi connectivity index (χ1n) is 8.74. The van der Waals surface area contributed by atoms with Gasteiger partial charge in [0.2, 0.25) is 0 Å². The highest BCUT2D eigenvalue weighted by Gasteiger charge is 2.22. The Kier molecular flexibility index (Phi) is 8.55. The number of ether oxygens (including phenoxy) is 2. The van der Waals surface area contributed by atoms with Crippen LogP contribution in [0.15, 0.2) is 54.6 Å². The van der Waals surface area contributed by atoms with Gasteiger partial charge in [0.15, 0.2) is 0 Å². The van der Waals surface area contributed by atoms with Gasteiger partial charge >= 0.3 is 11.9 Å². The average Bonchev–Trinajstić information content (AvgIpc) is 2.75. The zero-order chi connectivity index (χ0) is 20.4. The predicted molar refractivity (Wildman–Crippen MR) is 108 cm³/mol. The van der Waals surface area contributed by atoms with Crippen molar-refractivity contribution in [1.29, 1.82) is 0 Å². The lowest BCUT2D eigenvalue weighted by atomic mass is 10.1. The zero-order valence-electron chi connectivity index (χ0n) is 15.8. The number of hydrogen-bond donors (Lipinski definition) is 1. The van der Waals surface area contributed by atoms with Gasteiger partial charge in [0.05, 0.1) is 12.7 Å². The van der Waals surface area contributed by atoms with Crippen LogP contribution in [0.3, 0.4) is 0 Å². The Bertz CT molecular complexity index is 792. The molecule has 148 valence electrons. The highest BCUT2D eigenvalue weighted by atomic mass is 32.2. The number of nitrogens with one attached hydrogen (secondary N) is 1. The van der Waals surface area contributed by atoms with E-state index >= 15 is 0 Å². The van der Waals surface area contributed by atoms with Gasteiger partial charge in [-0.15, -0.1) is 0 Å². The molecule has 2 aromatic carbocycles. The van der Waals surface area contributed by atoms with Gasteiger partial charge in [0.25, 0.3) is 5.91 Å². The van der Waals surface area contributed by atoms with Gasteiger partial charge in [-0.1, -0.05) is 30.3 Å². The first kappa shape index (κ1) is 21.5. The Morgan fingerprint density at radius 1 is 1.00 bits per heavy atom. The van der Waals surface area contributed by atoms with E-state index in [2.05, 4.69) is 10.1 Å². The maximum Gasteiger partial charge on any atom is 0.337 e. The van der Waals surface area contributed by atoms with Gasteiger partial charge in [0, 0.05) is 5.56 Å². The summed E-state index contributed by atoms with van der Waals surface area (Å²) >= 11 is 1.59. The van der Waals surface area contributed by atoms with Crippen molar-refractivity contribution in [2.24, 2.45) is 0 Å². The van der Waals surface area contributed by atoms with E-state index in [1.165, 1.54) is 7.11 Å². The fourth-order valence-corrected chi connectivity index (χ4v) is 2.90. The molecule has 0 aliphatic rings. The Morgan fingerprint density at radius 2 is 1.68 bits per heavy atom. The number of thioether (sulfide) groups is 1. The molecule has 1 N–H and O–H groups in total. The molecule has 0 spiro atoms. The quantitative estimate of drug-likeness (QED) is 0.651. The lowest BCUT2D eigenvalue weighted by Crippen LogP contribution is -2.42. The molecule has 0 aliphatic carbocycles. The Labute approximate surface area is 168 Å². The van der Waals surface area contributed by atoms with Crippen molar-refractivity contribution in [3.63, 3.8) is 0 Å². The Hall–Kier alpha value is -2.80. The molecule has 2 aromatic rings. The van der Waals surface area contributed by atoms with Crippen LogP contribution in [0.4, 0.5) is 0 Å². The highest BCUT2D eigenvalue weighted by molar-refractivity contribution is 7.98. The molecule has 0 aliphatic heterocycles. The number of carbonyl (C=O) groups excluding carboxylic acids is 3. The van der Waals surface area contributed by atoms with Gasteiger partial charge in [-0.2, -0.15) is 11.8 Å². The van der Waals surface area contributed by atoms with Gasteiger partial charge in [-0.25, -0.2) is 9.59 Å². The van der Waals surface area contributed by atoms with E-state index in [0.29, 0.717) is 23.3 Å². The lowest BCUT2D eigenvalue weighted by molar-refractivity contribution is -0.147. The summed E-state index contributed by atoms with van der Waals surface area (Å²) < 4.78 is 10.0. The summed E-state index contributed by atoms with van der Waals surface area (Å²) in [6.45, 7) is 0.0528. The number of methoxy groups -OCH3 is 1. The number of benzene rings is 2. The number of carbonyl (C=O) groups is 3. The second-order valence-corrected chi connectivity index (χ2v) is 6.96. The molecule has 28 heavy (non-hydrogen) atoms. The molecule has 0 saturated carbocycles. The minimum absolute atomic E-state index is 0.0528. The van der Waals surface area contributed by atoms with Crippen LogP contribution in [-0.2, 0) is 20.9 Å². The zero-order valence-corrected chi connectivity index (χ0v) is 16.7. The van der Waals surface area contributed by atoms with Crippen LogP contribution in [0.1, 0.15) is 32.7 Å². The smallest absolute Gasteiger partial charge is 0.337 e. The molecular weight excluding hydrogens is 378 g/mol. The molecule has 0 radical (unpaired) electrons. The van der Waals surface area contributed by atoms with E-state index in [-0.39, 0.29) is 12.5 Å². The molecular formula is C21H23NO5S. The van der Waals surface area contributed by atoms with Crippen molar-refractivity contribution < 1.29 is 23.9 Å². The van der Waals surface area contributed by atoms with Crippen molar-refractivity contribution in [2.45, 2.75) is 19.1 Å². The topological polar surface area (TPSA) is 81.7 Å². The van der Waals surface area contributed by atoms with E-state index < -0.39 is 18.0 Å². The Morgan fingerprint density at radius 3 is 2.29 bits per heavy atom. The van der Waals surface area contributed by atoms with Crippen LogP contribution in [0, 0.1) is 0 Å². The minimum Gasteiger partial charge on any atom is -0.465 e. The number of esters is 2. The monoisotopic (exact) mass is 401 g/mol. The van der Waals surface area contributed by atoms with Crippen LogP contribution in [0.5, 0.6) is 0 Å². The lowest BCUT2D eigenvalue weighted by Gasteiger charge is -2.17. The number of amides is 1. The second kappa shape index (κ2) is 11.1. The van der Waals surface area contributed by atoms with Crippen LogP contribution in [0.2, 0.25) is 0 Å². The summed E-state index contributed by atoms with van der Waals surface area (Å²) in [7, 11) is 1.32. The molecule has 0 bridgehead atoms. The van der Waals surface area contributed by atoms with Crippen molar-refractivity contribution >= 4 is 29.6 Å². The van der Waals surface area contributed by atoms with Crippen molar-refractivity contribution in [2.75, 3.05) is 19.1 Å². The molecule has 2 rings (SSSR count). The molecule has 6 nitrogen and oxygen atoms in total. The largest absolute Gasteiger partial charge is 0.465 e. The minimum atomic E-state index is -0.727. The van der Waals surface area contributed by atoms with Gasteiger partial charge < -0.3 is 14.8 Å². The standard InChI is InChI=1S/C21H23NO5S/c1-26-20(24)17-10-8-15(9-11-17)14-27-21(25)18(12-13-28-2)22-19(23)16-6-4-3-5-7-16/h3-11,18H,12-14H2,1-2H3,(H,22,23). The summed E-state index contributed by atoms with van der Waals surface area (Å²) in [6.07, 6.45) is 2.41. The molecule has 0 heterocycles. The first-order valence-corrected chi connectivity index (χ1v) is 10.1.